The third kappa shape index (κ3) is 13.7. The molecule has 0 aliphatic carbocycles. The Kier molecular flexibility index (Phi) is 15.2. The van der Waals surface area contributed by atoms with Crippen LogP contribution in [0.5, 0.6) is 5.75 Å². The smallest absolute Gasteiger partial charge is 0.147 e. The second kappa shape index (κ2) is 17.1. The van der Waals surface area contributed by atoms with Crippen LogP contribution in [0.4, 0.5) is 0 Å². The molecule has 2 nitrogen and oxygen atoms in total. The van der Waals surface area contributed by atoms with Crippen LogP contribution in [-0.4, -0.2) is 6.23 Å². The topological polar surface area (TPSA) is 35.2 Å². The summed E-state index contributed by atoms with van der Waals surface area (Å²) in [5.74, 6) is 0.920. The zero-order valence-electron chi connectivity index (χ0n) is 18.2. The highest BCUT2D eigenvalue weighted by atomic mass is 16.5. The molecule has 0 radical (unpaired) electrons. The summed E-state index contributed by atoms with van der Waals surface area (Å²) in [4.78, 5) is 0. The molecule has 0 aliphatic rings. The molecule has 2 N–H and O–H groups in total. The fourth-order valence-electron chi connectivity index (χ4n) is 3.64. The zero-order valence-corrected chi connectivity index (χ0v) is 18.2. The first-order chi connectivity index (χ1) is 13.3. The van der Waals surface area contributed by atoms with Crippen molar-refractivity contribution in [3.63, 3.8) is 0 Å². The molecular formula is C25H45NO. The van der Waals surface area contributed by atoms with Crippen molar-refractivity contribution in [3.05, 3.63) is 29.8 Å². The fourth-order valence-corrected chi connectivity index (χ4v) is 3.64. The Balaban J connectivity index is 1.97. The molecule has 1 aromatic rings. The average molecular weight is 376 g/mol. The van der Waals surface area contributed by atoms with Gasteiger partial charge in [-0.25, -0.2) is 0 Å². The molecule has 156 valence electrons. The van der Waals surface area contributed by atoms with Gasteiger partial charge in [-0.2, -0.15) is 0 Å². The van der Waals surface area contributed by atoms with Gasteiger partial charge in [-0.15, -0.1) is 0 Å². The standard InChI is InChI=1S/C25H45NO/c1-3-5-6-7-8-9-10-11-12-13-14-15-16-19-23-20-17-21-24(22-23)27-25(26)18-4-2/h17,20-22,25H,3-16,18-19,26H2,1-2H3. The summed E-state index contributed by atoms with van der Waals surface area (Å²) >= 11 is 0. The number of hydrogen-bond donors (Lipinski definition) is 1. The highest BCUT2D eigenvalue weighted by molar-refractivity contribution is 5.28. The number of ether oxygens (including phenoxy) is 1. The molecule has 1 aromatic carbocycles. The van der Waals surface area contributed by atoms with Gasteiger partial charge in [0.25, 0.3) is 0 Å². The molecule has 0 fully saturated rings. The van der Waals surface area contributed by atoms with E-state index in [1.54, 1.807) is 0 Å². The van der Waals surface area contributed by atoms with Gasteiger partial charge >= 0.3 is 0 Å². The molecule has 0 bridgehead atoms. The van der Waals surface area contributed by atoms with Gasteiger partial charge in [-0.1, -0.05) is 109 Å². The Morgan fingerprint density at radius 1 is 0.741 bits per heavy atom. The molecule has 0 saturated heterocycles. The van der Waals surface area contributed by atoms with Crippen molar-refractivity contribution in [1.29, 1.82) is 0 Å². The van der Waals surface area contributed by atoms with Crippen molar-refractivity contribution in [2.45, 2.75) is 123 Å². The maximum atomic E-state index is 5.97. The number of benzene rings is 1. The van der Waals surface area contributed by atoms with E-state index in [1.807, 2.05) is 6.07 Å². The minimum Gasteiger partial charge on any atom is -0.476 e. The summed E-state index contributed by atoms with van der Waals surface area (Å²) in [6.07, 6.45) is 21.2. The van der Waals surface area contributed by atoms with Crippen molar-refractivity contribution in [2.75, 3.05) is 0 Å². The van der Waals surface area contributed by atoms with Crippen LogP contribution in [0.1, 0.15) is 116 Å². The van der Waals surface area contributed by atoms with E-state index in [2.05, 4.69) is 32.0 Å². The molecule has 0 heterocycles. The summed E-state index contributed by atoms with van der Waals surface area (Å²) in [5, 5.41) is 0. The van der Waals surface area contributed by atoms with Crippen molar-refractivity contribution >= 4 is 0 Å². The maximum absolute atomic E-state index is 5.97. The van der Waals surface area contributed by atoms with Crippen LogP contribution >= 0.6 is 0 Å². The summed E-state index contributed by atoms with van der Waals surface area (Å²) in [7, 11) is 0. The highest BCUT2D eigenvalue weighted by Crippen LogP contribution is 2.18. The Labute approximate surface area is 169 Å². The molecule has 0 saturated carbocycles. The quantitative estimate of drug-likeness (QED) is 0.210. The van der Waals surface area contributed by atoms with Gasteiger partial charge in [0.2, 0.25) is 0 Å². The molecular weight excluding hydrogens is 330 g/mol. The van der Waals surface area contributed by atoms with Gasteiger partial charge in [0, 0.05) is 0 Å². The van der Waals surface area contributed by atoms with Crippen LogP contribution in [0.15, 0.2) is 24.3 Å². The molecule has 1 unspecified atom stereocenters. The van der Waals surface area contributed by atoms with Crippen molar-refractivity contribution in [2.24, 2.45) is 5.73 Å². The molecule has 2 heteroatoms. The number of aryl methyl sites for hydroxylation is 1. The van der Waals surface area contributed by atoms with Crippen LogP contribution < -0.4 is 10.5 Å². The highest BCUT2D eigenvalue weighted by Gasteiger charge is 2.03. The summed E-state index contributed by atoms with van der Waals surface area (Å²) in [6, 6.07) is 8.48. The zero-order chi connectivity index (χ0) is 19.6. The van der Waals surface area contributed by atoms with E-state index in [0.717, 1.165) is 25.0 Å². The molecule has 0 aliphatic heterocycles. The van der Waals surface area contributed by atoms with E-state index < -0.39 is 0 Å². The normalized spacial score (nSPS) is 12.3. The van der Waals surface area contributed by atoms with E-state index in [1.165, 1.54) is 89.0 Å². The van der Waals surface area contributed by atoms with E-state index in [0.29, 0.717) is 0 Å². The lowest BCUT2D eigenvalue weighted by Gasteiger charge is -2.14. The predicted molar refractivity (Wildman–Crippen MR) is 119 cm³/mol. The lowest BCUT2D eigenvalue weighted by molar-refractivity contribution is 0.197. The molecule has 0 spiro atoms. The molecule has 1 atom stereocenters. The fraction of sp³-hybridized carbons (Fsp3) is 0.760. The van der Waals surface area contributed by atoms with E-state index in [4.69, 9.17) is 10.5 Å². The van der Waals surface area contributed by atoms with Gasteiger partial charge in [-0.05, 0) is 37.0 Å². The second-order valence-electron chi connectivity index (χ2n) is 8.09. The largest absolute Gasteiger partial charge is 0.476 e. The molecule has 1 rings (SSSR count). The van der Waals surface area contributed by atoms with Crippen molar-refractivity contribution < 1.29 is 4.74 Å². The van der Waals surface area contributed by atoms with Gasteiger partial charge < -0.3 is 4.74 Å². The number of rotatable bonds is 18. The number of unbranched alkanes of at least 4 members (excludes halogenated alkanes) is 12. The van der Waals surface area contributed by atoms with Crippen molar-refractivity contribution in [1.82, 2.24) is 0 Å². The molecule has 0 aromatic heterocycles. The third-order valence-electron chi connectivity index (χ3n) is 5.33. The minimum absolute atomic E-state index is 0.179. The average Bonchev–Trinajstić information content (AvgIpc) is 2.66. The number of hydrogen-bond acceptors (Lipinski definition) is 2. The Morgan fingerprint density at radius 2 is 1.30 bits per heavy atom. The Bertz CT molecular complexity index is 446. The van der Waals surface area contributed by atoms with E-state index >= 15 is 0 Å². The Morgan fingerprint density at radius 3 is 1.85 bits per heavy atom. The van der Waals surface area contributed by atoms with Crippen LogP contribution in [0.3, 0.4) is 0 Å². The molecule has 27 heavy (non-hydrogen) atoms. The first-order valence-electron chi connectivity index (χ1n) is 11.8. The van der Waals surface area contributed by atoms with Crippen LogP contribution in [-0.2, 0) is 6.42 Å². The van der Waals surface area contributed by atoms with Gasteiger partial charge in [0.15, 0.2) is 0 Å². The monoisotopic (exact) mass is 375 g/mol. The summed E-state index contributed by atoms with van der Waals surface area (Å²) in [5.41, 5.74) is 7.34. The maximum Gasteiger partial charge on any atom is 0.147 e. The second-order valence-corrected chi connectivity index (χ2v) is 8.09. The first-order valence-corrected chi connectivity index (χ1v) is 11.8. The van der Waals surface area contributed by atoms with Gasteiger partial charge in [0.05, 0.1) is 0 Å². The molecule has 0 amide bonds. The van der Waals surface area contributed by atoms with Crippen molar-refractivity contribution in [3.8, 4) is 5.75 Å². The minimum atomic E-state index is -0.179. The Hall–Kier alpha value is -1.02. The number of nitrogens with two attached hydrogens (primary N) is 1. The van der Waals surface area contributed by atoms with Gasteiger partial charge in [-0.3, -0.25) is 5.73 Å². The van der Waals surface area contributed by atoms with E-state index in [-0.39, 0.29) is 6.23 Å². The summed E-state index contributed by atoms with van der Waals surface area (Å²) < 4.78 is 5.79. The van der Waals surface area contributed by atoms with Gasteiger partial charge in [0.1, 0.15) is 12.0 Å². The predicted octanol–water partition coefficient (Wildman–Crippen LogP) is 7.78. The van der Waals surface area contributed by atoms with E-state index in [9.17, 15) is 0 Å². The SMILES string of the molecule is CCCCCCCCCCCCCCCc1cccc(OC(N)CCC)c1. The van der Waals surface area contributed by atoms with Crippen LogP contribution in [0, 0.1) is 0 Å². The lowest BCUT2D eigenvalue weighted by atomic mass is 10.0. The summed E-state index contributed by atoms with van der Waals surface area (Å²) in [6.45, 7) is 4.42. The lowest BCUT2D eigenvalue weighted by Crippen LogP contribution is -2.26. The third-order valence-corrected chi connectivity index (χ3v) is 5.33. The van der Waals surface area contributed by atoms with Crippen LogP contribution in [0.25, 0.3) is 0 Å². The van der Waals surface area contributed by atoms with Crippen LogP contribution in [0.2, 0.25) is 0 Å². The first kappa shape index (κ1) is 24.0.